The third-order valence-corrected chi connectivity index (χ3v) is 10.8. The van der Waals surface area contributed by atoms with Gasteiger partial charge in [-0.2, -0.15) is 0 Å². The molecule has 1 heterocycles. The smallest absolute Gasteiger partial charge is 0.0547 e. The maximum atomic E-state index is 2.44. The van der Waals surface area contributed by atoms with E-state index in [-0.39, 0.29) is 0 Å². The number of allylic oxidation sites excluding steroid dienone is 1. The largest absolute Gasteiger partial charge is 0.310 e. The van der Waals surface area contributed by atoms with Crippen LogP contribution in [0.2, 0.25) is 0 Å². The van der Waals surface area contributed by atoms with Crippen LogP contribution in [0.15, 0.2) is 200 Å². The van der Waals surface area contributed by atoms with E-state index < -0.39 is 0 Å². The molecule has 10 rings (SSSR count). The lowest BCUT2D eigenvalue weighted by molar-refractivity contribution is 0.989. The fraction of sp³-hybridized carbons (Fsp3) is 0.0385. The maximum Gasteiger partial charge on any atom is 0.0547 e. The maximum absolute atomic E-state index is 2.44. The van der Waals surface area contributed by atoms with Gasteiger partial charge in [0.15, 0.2) is 0 Å². The van der Waals surface area contributed by atoms with E-state index in [4.69, 9.17) is 0 Å². The quantitative estimate of drug-likeness (QED) is 0.162. The zero-order valence-corrected chi connectivity index (χ0v) is 29.9. The number of para-hydroxylation sites is 2. The average molecular weight is 691 g/mol. The van der Waals surface area contributed by atoms with Gasteiger partial charge in [-0.1, -0.05) is 152 Å². The van der Waals surface area contributed by atoms with Crippen molar-refractivity contribution in [2.24, 2.45) is 0 Å². The van der Waals surface area contributed by atoms with Gasteiger partial charge in [0.2, 0.25) is 0 Å². The van der Waals surface area contributed by atoms with Gasteiger partial charge in [-0.05, 0) is 106 Å². The second-order valence-corrected chi connectivity index (χ2v) is 14.0. The minimum Gasteiger partial charge on any atom is -0.310 e. The molecule has 0 fully saturated rings. The van der Waals surface area contributed by atoms with E-state index in [1.54, 1.807) is 0 Å². The molecule has 1 aliphatic rings. The number of hydrogen-bond acceptors (Lipinski definition) is 1. The molecule has 54 heavy (non-hydrogen) atoms. The number of nitrogens with zero attached hydrogens (tertiary/aromatic N) is 2. The summed E-state index contributed by atoms with van der Waals surface area (Å²) >= 11 is 0. The molecule has 0 amide bonds. The molecule has 9 aromatic rings. The van der Waals surface area contributed by atoms with Crippen molar-refractivity contribution in [2.75, 3.05) is 4.90 Å². The Morgan fingerprint density at radius 1 is 0.426 bits per heavy atom. The Morgan fingerprint density at radius 2 is 1.06 bits per heavy atom. The molecule has 0 aliphatic heterocycles. The van der Waals surface area contributed by atoms with Crippen molar-refractivity contribution < 1.29 is 0 Å². The number of aryl methyl sites for hydroxylation is 1. The van der Waals surface area contributed by atoms with E-state index >= 15 is 0 Å². The van der Waals surface area contributed by atoms with Crippen molar-refractivity contribution in [1.29, 1.82) is 0 Å². The van der Waals surface area contributed by atoms with Gasteiger partial charge < -0.3 is 9.47 Å². The van der Waals surface area contributed by atoms with Gasteiger partial charge in [-0.25, -0.2) is 0 Å². The van der Waals surface area contributed by atoms with Gasteiger partial charge in [-0.15, -0.1) is 0 Å². The lowest BCUT2D eigenvalue weighted by Gasteiger charge is -2.28. The molecule has 2 heteroatoms. The number of benzene rings is 8. The van der Waals surface area contributed by atoms with Crippen LogP contribution in [0, 0.1) is 0 Å². The topological polar surface area (TPSA) is 8.17 Å². The molecule has 0 atom stereocenters. The zero-order valence-electron chi connectivity index (χ0n) is 29.9. The average Bonchev–Trinajstić information content (AvgIpc) is 3.60. The molecule has 0 unspecified atom stereocenters. The van der Waals surface area contributed by atoms with Crippen LogP contribution in [-0.2, 0) is 6.42 Å². The normalized spacial score (nSPS) is 12.2. The molecule has 2 nitrogen and oxygen atoms in total. The third kappa shape index (κ3) is 5.52. The first-order valence-electron chi connectivity index (χ1n) is 18.8. The summed E-state index contributed by atoms with van der Waals surface area (Å²) in [5, 5.41) is 2.62. The summed E-state index contributed by atoms with van der Waals surface area (Å²) in [6.45, 7) is 0. The number of anilines is 3. The Kier molecular flexibility index (Phi) is 8.00. The van der Waals surface area contributed by atoms with E-state index in [0.717, 1.165) is 29.9 Å². The Hall–Kier alpha value is -6.90. The lowest BCUT2D eigenvalue weighted by atomic mass is 9.91. The van der Waals surface area contributed by atoms with Crippen LogP contribution in [0.25, 0.3) is 66.9 Å². The van der Waals surface area contributed by atoms with Gasteiger partial charge in [-0.3, -0.25) is 0 Å². The summed E-state index contributed by atoms with van der Waals surface area (Å²) < 4.78 is 2.44. The van der Waals surface area contributed by atoms with Crippen LogP contribution in [0.4, 0.5) is 17.1 Å². The molecule has 1 aromatic heterocycles. The Bertz CT molecular complexity index is 2790. The molecular formula is C52H38N2. The van der Waals surface area contributed by atoms with E-state index in [1.165, 1.54) is 72.0 Å². The van der Waals surface area contributed by atoms with Crippen LogP contribution < -0.4 is 4.90 Å². The molecule has 256 valence electrons. The van der Waals surface area contributed by atoms with Crippen molar-refractivity contribution in [3.8, 4) is 39.1 Å². The molecular weight excluding hydrogens is 653 g/mol. The summed E-state index contributed by atoms with van der Waals surface area (Å²) in [5.74, 6) is 0. The van der Waals surface area contributed by atoms with Crippen molar-refractivity contribution >= 4 is 44.9 Å². The number of aromatic nitrogens is 1. The predicted octanol–water partition coefficient (Wildman–Crippen LogP) is 14.2. The van der Waals surface area contributed by atoms with E-state index in [9.17, 15) is 0 Å². The highest BCUT2D eigenvalue weighted by molar-refractivity contribution is 6.19. The van der Waals surface area contributed by atoms with Crippen molar-refractivity contribution in [2.45, 2.75) is 12.8 Å². The van der Waals surface area contributed by atoms with Crippen LogP contribution in [0.5, 0.6) is 0 Å². The summed E-state index contributed by atoms with van der Waals surface area (Å²) in [5.41, 5.74) is 16.9. The third-order valence-electron chi connectivity index (χ3n) is 10.8. The highest BCUT2D eigenvalue weighted by Gasteiger charge is 2.22. The number of rotatable bonds is 7. The molecule has 8 aromatic carbocycles. The number of fused-ring (bicyclic) bond motifs is 5. The second kappa shape index (κ2) is 13.6. The molecule has 0 radical (unpaired) electrons. The minimum absolute atomic E-state index is 1.07. The highest BCUT2D eigenvalue weighted by Crippen LogP contribution is 2.45. The van der Waals surface area contributed by atoms with Gasteiger partial charge in [0.05, 0.1) is 16.7 Å². The molecule has 0 bridgehead atoms. The molecule has 0 saturated heterocycles. The van der Waals surface area contributed by atoms with E-state index in [2.05, 4.69) is 216 Å². The van der Waals surface area contributed by atoms with Crippen molar-refractivity contribution in [3.63, 3.8) is 0 Å². The highest BCUT2D eigenvalue weighted by atomic mass is 15.1. The first-order chi connectivity index (χ1) is 26.8. The standard InChI is InChI=1S/C52H38N2/c1-4-16-37(17-5-1)38-30-33-43(34-31-38)53(48-28-13-12-25-45(48)39-18-6-2-7-19-39)44-24-14-21-41(36-44)47-27-15-29-49-52(47)51-46-26-11-10-20-40(46)32-35-50(51)54(49)42-22-8-3-9-23-42/h1-9,11-19,21-36H,10,20H2. The molecule has 1 aliphatic carbocycles. The molecule has 0 N–H and O–H groups in total. The number of hydrogen-bond donors (Lipinski definition) is 0. The van der Waals surface area contributed by atoms with Crippen LogP contribution >= 0.6 is 0 Å². The van der Waals surface area contributed by atoms with Gasteiger partial charge >= 0.3 is 0 Å². The van der Waals surface area contributed by atoms with E-state index in [0.29, 0.717) is 0 Å². The zero-order chi connectivity index (χ0) is 35.8. The molecule has 0 spiro atoms. The second-order valence-electron chi connectivity index (χ2n) is 14.0. The Morgan fingerprint density at radius 3 is 1.85 bits per heavy atom. The SMILES string of the molecule is C1=Cc2c(ccc3c2c2c(-c4cccc(N(c5ccc(-c6ccccc6)cc5)c5ccccc5-c5ccccc5)c4)cccc2n3-c2ccccc2)CC1. The monoisotopic (exact) mass is 690 g/mol. The summed E-state index contributed by atoms with van der Waals surface area (Å²) in [6.07, 6.45) is 6.83. The first kappa shape index (κ1) is 31.8. The van der Waals surface area contributed by atoms with Gasteiger partial charge in [0.1, 0.15) is 0 Å². The van der Waals surface area contributed by atoms with E-state index in [1.807, 2.05) is 0 Å². The fourth-order valence-electron chi connectivity index (χ4n) is 8.37. The Balaban J connectivity index is 1.20. The fourth-order valence-corrected chi connectivity index (χ4v) is 8.37. The Labute approximate surface area is 316 Å². The minimum atomic E-state index is 1.07. The first-order valence-corrected chi connectivity index (χ1v) is 18.8. The van der Waals surface area contributed by atoms with Crippen LogP contribution in [0.1, 0.15) is 17.5 Å². The van der Waals surface area contributed by atoms with Crippen molar-refractivity contribution in [1.82, 2.24) is 4.57 Å². The van der Waals surface area contributed by atoms with Crippen LogP contribution in [-0.4, -0.2) is 4.57 Å². The summed E-state index contributed by atoms with van der Waals surface area (Å²) in [4.78, 5) is 2.42. The van der Waals surface area contributed by atoms with Crippen LogP contribution in [0.3, 0.4) is 0 Å². The summed E-state index contributed by atoms with van der Waals surface area (Å²) in [6, 6.07) is 70.4. The van der Waals surface area contributed by atoms with Gasteiger partial charge in [0, 0.05) is 33.4 Å². The summed E-state index contributed by atoms with van der Waals surface area (Å²) in [7, 11) is 0. The van der Waals surface area contributed by atoms with Gasteiger partial charge in [0.25, 0.3) is 0 Å². The predicted molar refractivity (Wildman–Crippen MR) is 229 cm³/mol. The van der Waals surface area contributed by atoms with Crippen molar-refractivity contribution in [3.05, 3.63) is 211 Å². The lowest BCUT2D eigenvalue weighted by Crippen LogP contribution is -2.11. The molecule has 0 saturated carbocycles.